The van der Waals surface area contributed by atoms with Gasteiger partial charge in [0.15, 0.2) is 5.60 Å². The van der Waals surface area contributed by atoms with Gasteiger partial charge in [-0.1, -0.05) is 15.9 Å². The van der Waals surface area contributed by atoms with E-state index in [-0.39, 0.29) is 12.4 Å². The van der Waals surface area contributed by atoms with Crippen molar-refractivity contribution in [3.8, 4) is 5.75 Å². The number of methoxy groups -OCH3 is 1. The van der Waals surface area contributed by atoms with E-state index in [2.05, 4.69) is 20.7 Å². The van der Waals surface area contributed by atoms with E-state index in [9.17, 15) is 14.3 Å². The van der Waals surface area contributed by atoms with Gasteiger partial charge in [0.1, 0.15) is 18.2 Å². The number of halogens is 2. The summed E-state index contributed by atoms with van der Waals surface area (Å²) in [4.78, 5) is 11.2. The molecule has 1 aromatic rings. The molecule has 0 aliphatic carbocycles. The molecule has 0 aromatic heterocycles. The maximum atomic E-state index is 13.0. The van der Waals surface area contributed by atoms with Crippen LogP contribution in [0.1, 0.15) is 6.92 Å². The lowest BCUT2D eigenvalue weighted by Gasteiger charge is -2.20. The number of benzene rings is 1. The van der Waals surface area contributed by atoms with Crippen molar-refractivity contribution in [2.45, 2.75) is 12.5 Å². The van der Waals surface area contributed by atoms with Crippen molar-refractivity contribution in [1.82, 2.24) is 0 Å². The van der Waals surface area contributed by atoms with E-state index in [1.54, 1.807) is 0 Å². The van der Waals surface area contributed by atoms with Crippen LogP contribution >= 0.6 is 15.9 Å². The van der Waals surface area contributed by atoms with Crippen molar-refractivity contribution in [2.75, 3.05) is 13.7 Å². The van der Waals surface area contributed by atoms with Gasteiger partial charge in [-0.25, -0.2) is 9.18 Å². The molecule has 0 fully saturated rings. The van der Waals surface area contributed by atoms with Gasteiger partial charge in [-0.2, -0.15) is 0 Å². The molecule has 1 rings (SSSR count). The lowest BCUT2D eigenvalue weighted by atomic mass is 10.1. The Morgan fingerprint density at radius 1 is 1.53 bits per heavy atom. The third kappa shape index (κ3) is 3.98. The summed E-state index contributed by atoms with van der Waals surface area (Å²) in [5.41, 5.74) is -1.77. The molecule has 0 saturated carbocycles. The van der Waals surface area contributed by atoms with Crippen LogP contribution in [0.15, 0.2) is 22.7 Å². The van der Waals surface area contributed by atoms with E-state index in [0.717, 1.165) is 13.2 Å². The van der Waals surface area contributed by atoms with Gasteiger partial charge < -0.3 is 14.6 Å². The third-order valence-electron chi connectivity index (χ3n) is 1.98. The molecule has 1 unspecified atom stereocenters. The number of carbonyl (C=O) groups excluding carboxylic acids is 1. The van der Waals surface area contributed by atoms with Gasteiger partial charge in [0, 0.05) is 10.5 Å². The minimum atomic E-state index is -1.77. The minimum Gasteiger partial charge on any atom is -0.490 e. The molecule has 4 nitrogen and oxygen atoms in total. The number of ether oxygens (including phenoxy) is 2. The molecule has 0 aliphatic rings. The van der Waals surface area contributed by atoms with Gasteiger partial charge in [0.2, 0.25) is 0 Å². The Morgan fingerprint density at radius 2 is 2.18 bits per heavy atom. The van der Waals surface area contributed by atoms with E-state index in [1.165, 1.54) is 19.1 Å². The molecular weight excluding hydrogens is 295 g/mol. The van der Waals surface area contributed by atoms with Crippen molar-refractivity contribution < 1.29 is 23.8 Å². The fourth-order valence-electron chi connectivity index (χ4n) is 1.11. The molecule has 0 spiro atoms. The fourth-order valence-corrected chi connectivity index (χ4v) is 1.56. The van der Waals surface area contributed by atoms with Crippen LogP contribution in [0.3, 0.4) is 0 Å². The van der Waals surface area contributed by atoms with Gasteiger partial charge in [0.25, 0.3) is 0 Å². The summed E-state index contributed by atoms with van der Waals surface area (Å²) in [7, 11) is 1.16. The lowest BCUT2D eigenvalue weighted by Crippen LogP contribution is -2.42. The van der Waals surface area contributed by atoms with Crippen molar-refractivity contribution >= 4 is 21.9 Å². The first kappa shape index (κ1) is 13.9. The van der Waals surface area contributed by atoms with Gasteiger partial charge >= 0.3 is 5.97 Å². The zero-order valence-corrected chi connectivity index (χ0v) is 11.0. The monoisotopic (exact) mass is 306 g/mol. The van der Waals surface area contributed by atoms with Gasteiger partial charge in [-0.05, 0) is 19.1 Å². The highest BCUT2D eigenvalue weighted by Crippen LogP contribution is 2.21. The second-order valence-corrected chi connectivity index (χ2v) is 4.57. The number of rotatable bonds is 4. The first-order valence-corrected chi connectivity index (χ1v) is 5.54. The minimum absolute atomic E-state index is 0.209. The molecule has 1 N–H and O–H groups in total. The molecule has 0 aliphatic heterocycles. The number of esters is 1. The molecule has 0 bridgehead atoms. The molecule has 6 heteroatoms. The van der Waals surface area contributed by atoms with Crippen LogP contribution in [-0.4, -0.2) is 30.4 Å². The summed E-state index contributed by atoms with van der Waals surface area (Å²) in [6.07, 6.45) is 0. The van der Waals surface area contributed by atoms with Crippen LogP contribution in [0.5, 0.6) is 5.75 Å². The summed E-state index contributed by atoms with van der Waals surface area (Å²) in [5, 5.41) is 9.68. The Morgan fingerprint density at radius 3 is 2.71 bits per heavy atom. The number of carbonyl (C=O) groups is 1. The van der Waals surface area contributed by atoms with Crippen LogP contribution in [0.4, 0.5) is 4.39 Å². The van der Waals surface area contributed by atoms with Crippen molar-refractivity contribution in [3.63, 3.8) is 0 Å². The van der Waals surface area contributed by atoms with E-state index < -0.39 is 17.4 Å². The summed E-state index contributed by atoms with van der Waals surface area (Å²) in [5.74, 6) is -1.08. The SMILES string of the molecule is COC(=O)C(C)(O)COc1cc(F)cc(Br)c1. The molecule has 0 amide bonds. The summed E-state index contributed by atoms with van der Waals surface area (Å²) < 4.78 is 23.0. The molecule has 0 heterocycles. The molecule has 0 saturated heterocycles. The van der Waals surface area contributed by atoms with E-state index in [1.807, 2.05) is 0 Å². The molecule has 1 atom stereocenters. The Hall–Kier alpha value is -1.14. The maximum absolute atomic E-state index is 13.0. The molecule has 17 heavy (non-hydrogen) atoms. The first-order chi connectivity index (χ1) is 7.85. The van der Waals surface area contributed by atoms with Crippen LogP contribution in [-0.2, 0) is 9.53 Å². The average molecular weight is 307 g/mol. The summed E-state index contributed by atoms with van der Waals surface area (Å²) >= 11 is 3.10. The third-order valence-corrected chi connectivity index (χ3v) is 2.44. The predicted octanol–water partition coefficient (Wildman–Crippen LogP) is 1.89. The molecule has 94 valence electrons. The standard InChI is InChI=1S/C11H12BrFO4/c1-11(15,10(14)16-2)6-17-9-4-7(12)3-8(13)5-9/h3-5,15H,6H2,1-2H3. The second-order valence-electron chi connectivity index (χ2n) is 3.66. The Balaban J connectivity index is 2.70. The smallest absolute Gasteiger partial charge is 0.341 e. The summed E-state index contributed by atoms with van der Waals surface area (Å²) in [6.45, 7) is 0.933. The zero-order valence-electron chi connectivity index (χ0n) is 9.37. The van der Waals surface area contributed by atoms with Gasteiger partial charge in [-0.15, -0.1) is 0 Å². The topological polar surface area (TPSA) is 55.8 Å². The zero-order chi connectivity index (χ0) is 13.1. The fraction of sp³-hybridized carbons (Fsp3) is 0.364. The Labute approximate surface area is 106 Å². The normalized spacial score (nSPS) is 13.9. The quantitative estimate of drug-likeness (QED) is 0.863. The number of hydrogen-bond donors (Lipinski definition) is 1. The highest BCUT2D eigenvalue weighted by atomic mass is 79.9. The highest BCUT2D eigenvalue weighted by Gasteiger charge is 2.32. The van der Waals surface area contributed by atoms with Crippen LogP contribution < -0.4 is 4.74 Å². The van der Waals surface area contributed by atoms with Crippen molar-refractivity contribution in [3.05, 3.63) is 28.5 Å². The second kappa shape index (κ2) is 5.46. The van der Waals surface area contributed by atoms with Gasteiger partial charge in [0.05, 0.1) is 7.11 Å². The van der Waals surface area contributed by atoms with E-state index >= 15 is 0 Å². The van der Waals surface area contributed by atoms with E-state index in [0.29, 0.717) is 4.47 Å². The van der Waals surface area contributed by atoms with Gasteiger partial charge in [-0.3, -0.25) is 0 Å². The van der Waals surface area contributed by atoms with Crippen LogP contribution in [0, 0.1) is 5.82 Å². The van der Waals surface area contributed by atoms with Crippen molar-refractivity contribution in [2.24, 2.45) is 0 Å². The number of aliphatic hydroxyl groups is 1. The lowest BCUT2D eigenvalue weighted by molar-refractivity contribution is -0.163. The largest absolute Gasteiger partial charge is 0.490 e. The maximum Gasteiger partial charge on any atom is 0.341 e. The average Bonchev–Trinajstić information content (AvgIpc) is 2.24. The van der Waals surface area contributed by atoms with Crippen LogP contribution in [0.2, 0.25) is 0 Å². The first-order valence-electron chi connectivity index (χ1n) is 4.75. The molecular formula is C11H12BrFO4. The molecule has 1 aromatic carbocycles. The Kier molecular flexibility index (Phi) is 4.47. The Bertz CT molecular complexity index is 400. The van der Waals surface area contributed by atoms with Crippen molar-refractivity contribution in [1.29, 1.82) is 0 Å². The van der Waals surface area contributed by atoms with E-state index in [4.69, 9.17) is 4.74 Å². The van der Waals surface area contributed by atoms with Crippen LogP contribution in [0.25, 0.3) is 0 Å². The summed E-state index contributed by atoms with van der Waals surface area (Å²) in [6, 6.07) is 3.94. The number of hydrogen-bond acceptors (Lipinski definition) is 4. The molecule has 0 radical (unpaired) electrons. The highest BCUT2D eigenvalue weighted by molar-refractivity contribution is 9.10. The predicted molar refractivity (Wildman–Crippen MR) is 62.2 cm³/mol.